The van der Waals surface area contributed by atoms with E-state index >= 15 is 0 Å². The third-order valence-electron chi connectivity index (χ3n) is 13.7. The van der Waals surface area contributed by atoms with E-state index < -0.39 is 6.10 Å². The Balaban J connectivity index is 4.41. The summed E-state index contributed by atoms with van der Waals surface area (Å²) in [6.45, 7) is 6.60. The maximum Gasteiger partial charge on any atom is 0.306 e. The summed E-state index contributed by atoms with van der Waals surface area (Å²) in [6.07, 6.45) is 78.9. The summed E-state index contributed by atoms with van der Waals surface area (Å²) in [7, 11) is 0. The van der Waals surface area contributed by atoms with Crippen molar-refractivity contribution in [2.75, 3.05) is 13.2 Å². The quantitative estimate of drug-likeness (QED) is 0.0261. The molecule has 0 aliphatic heterocycles. The molecule has 0 spiro atoms. The van der Waals surface area contributed by atoms with Crippen molar-refractivity contribution in [3.63, 3.8) is 0 Å². The highest BCUT2D eigenvalue weighted by Gasteiger charge is 2.19. The van der Waals surface area contributed by atoms with Crippen LogP contribution in [0.2, 0.25) is 0 Å². The Bertz CT molecular complexity index is 1360. The minimum Gasteiger partial charge on any atom is -0.462 e. The van der Waals surface area contributed by atoms with Crippen LogP contribution >= 0.6 is 0 Å². The van der Waals surface area contributed by atoms with Crippen molar-refractivity contribution >= 4 is 17.9 Å². The van der Waals surface area contributed by atoms with Crippen LogP contribution in [0.25, 0.3) is 0 Å². The van der Waals surface area contributed by atoms with Crippen LogP contribution < -0.4 is 0 Å². The van der Waals surface area contributed by atoms with E-state index in [1.165, 1.54) is 193 Å². The molecule has 0 amide bonds. The van der Waals surface area contributed by atoms with Gasteiger partial charge in [-0.05, 0) is 116 Å². The van der Waals surface area contributed by atoms with Gasteiger partial charge in [-0.15, -0.1) is 0 Å². The zero-order chi connectivity index (χ0) is 52.9. The molecule has 0 aliphatic rings. The second-order valence-electron chi connectivity index (χ2n) is 21.0. The van der Waals surface area contributed by atoms with Crippen LogP contribution in [0, 0.1) is 0 Å². The predicted molar refractivity (Wildman–Crippen MR) is 316 cm³/mol. The molecule has 6 heteroatoms. The Labute approximate surface area is 453 Å². The van der Waals surface area contributed by atoms with Crippen LogP contribution in [0.3, 0.4) is 0 Å². The lowest BCUT2D eigenvalue weighted by atomic mass is 10.1. The number of unbranched alkanes of at least 4 members (excludes halogenated alkanes) is 34. The molecule has 0 saturated heterocycles. The van der Waals surface area contributed by atoms with Crippen molar-refractivity contribution in [2.45, 2.75) is 322 Å². The smallest absolute Gasteiger partial charge is 0.306 e. The molecule has 0 rings (SSSR count). The van der Waals surface area contributed by atoms with Gasteiger partial charge in [-0.25, -0.2) is 0 Å². The fourth-order valence-corrected chi connectivity index (χ4v) is 8.89. The minimum atomic E-state index is -0.786. The highest BCUT2D eigenvalue weighted by Crippen LogP contribution is 2.16. The average Bonchev–Trinajstić information content (AvgIpc) is 3.39. The monoisotopic (exact) mass is 1020 g/mol. The molecule has 0 aromatic carbocycles. The van der Waals surface area contributed by atoms with Gasteiger partial charge < -0.3 is 14.2 Å². The first-order chi connectivity index (χ1) is 36.0. The fourth-order valence-electron chi connectivity index (χ4n) is 8.89. The third kappa shape index (κ3) is 59.6. The molecule has 0 fully saturated rings. The highest BCUT2D eigenvalue weighted by molar-refractivity contribution is 5.71. The lowest BCUT2D eigenvalue weighted by molar-refractivity contribution is -0.167. The molecule has 73 heavy (non-hydrogen) atoms. The van der Waals surface area contributed by atoms with E-state index in [2.05, 4.69) is 93.7 Å². The van der Waals surface area contributed by atoms with E-state index in [1.54, 1.807) is 0 Å². The molecular weight excluding hydrogens is 901 g/mol. The first kappa shape index (κ1) is 69.8. The maximum absolute atomic E-state index is 12.9. The molecule has 1 unspecified atom stereocenters. The predicted octanol–water partition coefficient (Wildman–Crippen LogP) is 21.3. The highest BCUT2D eigenvalue weighted by atomic mass is 16.6. The molecule has 0 bridgehead atoms. The molecule has 1 atom stereocenters. The summed E-state index contributed by atoms with van der Waals surface area (Å²) < 4.78 is 16.9. The van der Waals surface area contributed by atoms with Gasteiger partial charge in [0.25, 0.3) is 0 Å². The Hall–Kier alpha value is -3.15. The first-order valence-corrected chi connectivity index (χ1v) is 31.4. The number of hydrogen-bond donors (Lipinski definition) is 0. The molecule has 0 aromatic heterocycles. The first-order valence-electron chi connectivity index (χ1n) is 31.4. The summed E-state index contributed by atoms with van der Waals surface area (Å²) in [5.41, 5.74) is 0. The van der Waals surface area contributed by atoms with E-state index in [9.17, 15) is 14.4 Å². The summed E-state index contributed by atoms with van der Waals surface area (Å²) >= 11 is 0. The largest absolute Gasteiger partial charge is 0.462 e. The Morgan fingerprint density at radius 2 is 0.493 bits per heavy atom. The van der Waals surface area contributed by atoms with E-state index in [-0.39, 0.29) is 31.1 Å². The van der Waals surface area contributed by atoms with Gasteiger partial charge in [0.05, 0.1) is 0 Å². The van der Waals surface area contributed by atoms with E-state index in [1.807, 2.05) is 0 Å². The molecule has 0 radical (unpaired) electrons. The molecule has 422 valence electrons. The molecule has 0 aromatic rings. The van der Waals surface area contributed by atoms with Crippen LogP contribution in [-0.4, -0.2) is 37.2 Å². The number of esters is 3. The van der Waals surface area contributed by atoms with Crippen LogP contribution in [0.5, 0.6) is 0 Å². The van der Waals surface area contributed by atoms with Crippen molar-refractivity contribution in [2.24, 2.45) is 0 Å². The zero-order valence-corrected chi connectivity index (χ0v) is 48.4. The third-order valence-corrected chi connectivity index (χ3v) is 13.7. The second-order valence-corrected chi connectivity index (χ2v) is 21.0. The Kier molecular flexibility index (Phi) is 58.7. The van der Waals surface area contributed by atoms with Crippen molar-refractivity contribution < 1.29 is 28.6 Å². The van der Waals surface area contributed by atoms with Gasteiger partial charge in [-0.1, -0.05) is 254 Å². The average molecular weight is 1020 g/mol. The van der Waals surface area contributed by atoms with E-state index in [0.29, 0.717) is 19.3 Å². The Morgan fingerprint density at radius 1 is 0.274 bits per heavy atom. The topological polar surface area (TPSA) is 78.9 Å². The Morgan fingerprint density at radius 3 is 0.808 bits per heavy atom. The van der Waals surface area contributed by atoms with Gasteiger partial charge in [-0.3, -0.25) is 14.4 Å². The number of ether oxygens (including phenoxy) is 3. The van der Waals surface area contributed by atoms with Gasteiger partial charge in [-0.2, -0.15) is 0 Å². The number of rotatable bonds is 57. The van der Waals surface area contributed by atoms with Crippen LogP contribution in [-0.2, 0) is 28.6 Å². The van der Waals surface area contributed by atoms with E-state index in [4.69, 9.17) is 14.2 Å². The molecule has 6 nitrogen and oxygen atoms in total. The fraction of sp³-hybridized carbons (Fsp3) is 0.776. The number of allylic oxidation sites excluding steroid dienone is 12. The van der Waals surface area contributed by atoms with Gasteiger partial charge in [0.2, 0.25) is 0 Å². The zero-order valence-electron chi connectivity index (χ0n) is 48.4. The SMILES string of the molecule is CCCCC/C=C\C/C=C\C/C=C\CCCCCCCCC(=O)OCC(COC(=O)CCCCCCCCC/C=C\CCCCCCCC)OC(=O)CCCCCCCCCCC/C=C\C/C=C\CCCCC. The van der Waals surface area contributed by atoms with Gasteiger partial charge in [0, 0.05) is 19.3 Å². The van der Waals surface area contributed by atoms with Gasteiger partial charge in [0.15, 0.2) is 6.10 Å². The molecule has 0 saturated carbocycles. The lowest BCUT2D eigenvalue weighted by Crippen LogP contribution is -2.30. The normalized spacial score (nSPS) is 12.5. The summed E-state index contributed by atoms with van der Waals surface area (Å²) in [5.74, 6) is -0.890. The number of carbonyl (C=O) groups is 3. The van der Waals surface area contributed by atoms with Crippen molar-refractivity contribution in [1.82, 2.24) is 0 Å². The lowest BCUT2D eigenvalue weighted by Gasteiger charge is -2.18. The molecule has 0 heterocycles. The number of carbonyl (C=O) groups excluding carboxylic acids is 3. The van der Waals surface area contributed by atoms with Crippen molar-refractivity contribution in [3.8, 4) is 0 Å². The van der Waals surface area contributed by atoms with Crippen LogP contribution in [0.1, 0.15) is 316 Å². The van der Waals surface area contributed by atoms with Crippen molar-refractivity contribution in [1.29, 1.82) is 0 Å². The molecule has 0 N–H and O–H groups in total. The van der Waals surface area contributed by atoms with E-state index in [0.717, 1.165) is 83.5 Å². The maximum atomic E-state index is 12.9. The molecule has 0 aliphatic carbocycles. The van der Waals surface area contributed by atoms with Crippen LogP contribution in [0.4, 0.5) is 0 Å². The number of hydrogen-bond acceptors (Lipinski definition) is 6. The van der Waals surface area contributed by atoms with Gasteiger partial charge in [0.1, 0.15) is 13.2 Å². The standard InChI is InChI=1S/C67H118O6/c1-4-7-10-13-16-19-22-25-28-31-33-36-39-42-45-48-51-54-57-60-66(69)72-63-64(62-71-65(68)59-56-53-50-47-44-41-38-35-30-27-24-21-18-15-12-9-6-3)73-67(70)61-58-55-52-49-46-43-40-37-34-32-29-26-23-20-17-14-11-8-5-2/h16-17,19-20,25-30,33,36,64H,4-15,18,21-24,31-32,34-35,37-63H2,1-3H3/b19-16-,20-17-,28-25-,29-26-,30-27-,36-33-. The van der Waals surface area contributed by atoms with Gasteiger partial charge >= 0.3 is 17.9 Å². The summed E-state index contributed by atoms with van der Waals surface area (Å²) in [4.78, 5) is 38.3. The summed E-state index contributed by atoms with van der Waals surface area (Å²) in [6, 6.07) is 0. The van der Waals surface area contributed by atoms with Crippen molar-refractivity contribution in [3.05, 3.63) is 72.9 Å². The summed E-state index contributed by atoms with van der Waals surface area (Å²) in [5, 5.41) is 0. The molecular formula is C67H118O6. The minimum absolute atomic E-state index is 0.0825. The van der Waals surface area contributed by atoms with Crippen LogP contribution in [0.15, 0.2) is 72.9 Å². The second kappa shape index (κ2) is 61.4.